The van der Waals surface area contributed by atoms with Crippen LogP contribution in [0.3, 0.4) is 0 Å². The fourth-order valence-corrected chi connectivity index (χ4v) is 5.39. The SMILES string of the molecule is CCCCCCCCCC(=O)OC[C@@H](COC(=O)CCCCCCCCCCCCCC(C)C)OC(=O)CCCCCCC. The van der Waals surface area contributed by atoms with E-state index < -0.39 is 6.10 Å². The van der Waals surface area contributed by atoms with Gasteiger partial charge in [0.05, 0.1) is 0 Å². The molecule has 0 heterocycles. The molecule has 0 fully saturated rings. The van der Waals surface area contributed by atoms with E-state index in [2.05, 4.69) is 27.7 Å². The Morgan fingerprint density at radius 2 is 0.750 bits per heavy atom. The summed E-state index contributed by atoms with van der Waals surface area (Å²) in [7, 11) is 0. The summed E-state index contributed by atoms with van der Waals surface area (Å²) in [6.45, 7) is 8.83. The lowest BCUT2D eigenvalue weighted by molar-refractivity contribution is -0.167. The molecule has 0 radical (unpaired) electrons. The average Bonchev–Trinajstić information content (AvgIpc) is 3.00. The van der Waals surface area contributed by atoms with Gasteiger partial charge in [-0.05, 0) is 25.2 Å². The zero-order valence-electron chi connectivity index (χ0n) is 29.6. The van der Waals surface area contributed by atoms with Gasteiger partial charge in [0.15, 0.2) is 6.10 Å². The Labute approximate surface area is 272 Å². The molecule has 0 unspecified atom stereocenters. The number of ether oxygens (including phenoxy) is 3. The van der Waals surface area contributed by atoms with Gasteiger partial charge >= 0.3 is 17.9 Å². The number of unbranched alkanes of at least 4 members (excludes halogenated alkanes) is 20. The van der Waals surface area contributed by atoms with Gasteiger partial charge < -0.3 is 14.2 Å². The van der Waals surface area contributed by atoms with Gasteiger partial charge in [-0.3, -0.25) is 14.4 Å². The second-order valence-corrected chi connectivity index (χ2v) is 13.3. The molecule has 44 heavy (non-hydrogen) atoms. The Kier molecular flexibility index (Phi) is 31.6. The predicted molar refractivity (Wildman–Crippen MR) is 183 cm³/mol. The highest BCUT2D eigenvalue weighted by molar-refractivity contribution is 5.71. The first-order valence-electron chi connectivity index (χ1n) is 18.9. The van der Waals surface area contributed by atoms with Crippen molar-refractivity contribution >= 4 is 17.9 Å². The van der Waals surface area contributed by atoms with Crippen LogP contribution in [0, 0.1) is 5.92 Å². The highest BCUT2D eigenvalue weighted by atomic mass is 16.6. The number of hydrogen-bond donors (Lipinski definition) is 0. The summed E-state index contributed by atoms with van der Waals surface area (Å²) in [6, 6.07) is 0. The molecule has 0 aliphatic rings. The van der Waals surface area contributed by atoms with Crippen molar-refractivity contribution in [2.75, 3.05) is 13.2 Å². The van der Waals surface area contributed by atoms with Crippen molar-refractivity contribution in [2.45, 2.75) is 207 Å². The summed E-state index contributed by atoms with van der Waals surface area (Å²) in [5.41, 5.74) is 0. The number of esters is 3. The molecular weight excluding hydrogens is 552 g/mol. The average molecular weight is 625 g/mol. The van der Waals surface area contributed by atoms with Gasteiger partial charge in [-0.1, -0.05) is 163 Å². The molecule has 260 valence electrons. The predicted octanol–water partition coefficient (Wildman–Crippen LogP) is 11.2. The molecule has 0 amide bonds. The van der Waals surface area contributed by atoms with Gasteiger partial charge in [-0.15, -0.1) is 0 Å². The van der Waals surface area contributed by atoms with Gasteiger partial charge in [-0.25, -0.2) is 0 Å². The molecule has 1 atom stereocenters. The van der Waals surface area contributed by atoms with Crippen molar-refractivity contribution in [3.05, 3.63) is 0 Å². The first kappa shape index (κ1) is 42.4. The van der Waals surface area contributed by atoms with Crippen molar-refractivity contribution in [3.63, 3.8) is 0 Å². The molecule has 0 aliphatic carbocycles. The van der Waals surface area contributed by atoms with Crippen molar-refractivity contribution < 1.29 is 28.6 Å². The van der Waals surface area contributed by atoms with Crippen LogP contribution in [0.4, 0.5) is 0 Å². The van der Waals surface area contributed by atoms with Crippen LogP contribution in [-0.4, -0.2) is 37.2 Å². The summed E-state index contributed by atoms with van der Waals surface area (Å²) >= 11 is 0. The molecule has 0 rings (SSSR count). The van der Waals surface area contributed by atoms with Crippen LogP contribution < -0.4 is 0 Å². The molecule has 0 aliphatic heterocycles. The highest BCUT2D eigenvalue weighted by Crippen LogP contribution is 2.15. The number of carbonyl (C=O) groups excluding carboxylic acids is 3. The largest absolute Gasteiger partial charge is 0.462 e. The lowest BCUT2D eigenvalue weighted by Gasteiger charge is -2.18. The summed E-state index contributed by atoms with van der Waals surface area (Å²) in [4.78, 5) is 37.0. The van der Waals surface area contributed by atoms with E-state index in [1.165, 1.54) is 89.9 Å². The van der Waals surface area contributed by atoms with Gasteiger partial charge in [0.1, 0.15) is 13.2 Å². The molecule has 0 N–H and O–H groups in total. The Morgan fingerprint density at radius 3 is 1.11 bits per heavy atom. The number of carbonyl (C=O) groups is 3. The molecule has 0 aromatic rings. The maximum Gasteiger partial charge on any atom is 0.306 e. The molecule has 6 heteroatoms. The smallest absolute Gasteiger partial charge is 0.306 e. The van der Waals surface area contributed by atoms with E-state index in [4.69, 9.17) is 14.2 Å². The maximum absolute atomic E-state index is 12.4. The fourth-order valence-electron chi connectivity index (χ4n) is 5.39. The van der Waals surface area contributed by atoms with Crippen LogP contribution in [0.5, 0.6) is 0 Å². The monoisotopic (exact) mass is 625 g/mol. The Balaban J connectivity index is 4.18. The van der Waals surface area contributed by atoms with E-state index in [9.17, 15) is 14.4 Å². The summed E-state index contributed by atoms with van der Waals surface area (Å²) < 4.78 is 16.4. The van der Waals surface area contributed by atoms with Crippen molar-refractivity contribution in [3.8, 4) is 0 Å². The lowest BCUT2D eigenvalue weighted by Crippen LogP contribution is -2.30. The molecule has 6 nitrogen and oxygen atoms in total. The first-order valence-corrected chi connectivity index (χ1v) is 18.9. The Bertz CT molecular complexity index is 662. The van der Waals surface area contributed by atoms with Gasteiger partial charge in [0, 0.05) is 19.3 Å². The molecule has 0 bridgehead atoms. The molecule has 0 saturated carbocycles. The van der Waals surface area contributed by atoms with Crippen LogP contribution in [0.25, 0.3) is 0 Å². The molecule has 0 aromatic carbocycles. The zero-order valence-corrected chi connectivity index (χ0v) is 29.6. The third-order valence-corrected chi connectivity index (χ3v) is 8.29. The quantitative estimate of drug-likeness (QED) is 0.0410. The minimum absolute atomic E-state index is 0.0669. The summed E-state index contributed by atoms with van der Waals surface area (Å²) in [5, 5.41) is 0. The Morgan fingerprint density at radius 1 is 0.432 bits per heavy atom. The van der Waals surface area contributed by atoms with Crippen molar-refractivity contribution in [1.82, 2.24) is 0 Å². The lowest BCUT2D eigenvalue weighted by atomic mass is 10.0. The normalized spacial score (nSPS) is 11.9. The van der Waals surface area contributed by atoms with E-state index in [1.807, 2.05) is 0 Å². The molecule has 0 saturated heterocycles. The zero-order chi connectivity index (χ0) is 32.5. The molecular formula is C38H72O6. The van der Waals surface area contributed by atoms with Crippen molar-refractivity contribution in [1.29, 1.82) is 0 Å². The van der Waals surface area contributed by atoms with Gasteiger partial charge in [0.2, 0.25) is 0 Å². The third kappa shape index (κ3) is 31.8. The summed E-state index contributed by atoms with van der Waals surface area (Å²) in [6.07, 6.45) is 28.4. The van der Waals surface area contributed by atoms with Crippen LogP contribution in [0.2, 0.25) is 0 Å². The van der Waals surface area contributed by atoms with E-state index in [-0.39, 0.29) is 31.1 Å². The minimum atomic E-state index is -0.754. The first-order chi connectivity index (χ1) is 21.4. The number of hydrogen-bond acceptors (Lipinski definition) is 6. The molecule has 0 spiro atoms. The third-order valence-electron chi connectivity index (χ3n) is 8.29. The van der Waals surface area contributed by atoms with Crippen LogP contribution in [-0.2, 0) is 28.6 Å². The minimum Gasteiger partial charge on any atom is -0.462 e. The van der Waals surface area contributed by atoms with Gasteiger partial charge in [-0.2, -0.15) is 0 Å². The highest BCUT2D eigenvalue weighted by Gasteiger charge is 2.19. The van der Waals surface area contributed by atoms with E-state index >= 15 is 0 Å². The van der Waals surface area contributed by atoms with Crippen LogP contribution in [0.1, 0.15) is 201 Å². The molecule has 0 aromatic heterocycles. The second kappa shape index (κ2) is 32.8. The van der Waals surface area contributed by atoms with Gasteiger partial charge in [0.25, 0.3) is 0 Å². The second-order valence-electron chi connectivity index (χ2n) is 13.3. The van der Waals surface area contributed by atoms with E-state index in [0.717, 1.165) is 70.1 Å². The van der Waals surface area contributed by atoms with E-state index in [1.54, 1.807) is 0 Å². The fraction of sp³-hybridized carbons (Fsp3) is 0.921. The van der Waals surface area contributed by atoms with Crippen LogP contribution >= 0.6 is 0 Å². The number of rotatable bonds is 33. The van der Waals surface area contributed by atoms with Crippen LogP contribution in [0.15, 0.2) is 0 Å². The van der Waals surface area contributed by atoms with Crippen molar-refractivity contribution in [2.24, 2.45) is 5.92 Å². The summed E-state index contributed by atoms with van der Waals surface area (Å²) in [5.74, 6) is -0.0599. The maximum atomic E-state index is 12.4. The Hall–Kier alpha value is -1.59. The van der Waals surface area contributed by atoms with E-state index in [0.29, 0.717) is 19.3 Å². The topological polar surface area (TPSA) is 78.9 Å². The standard InChI is InChI=1S/C38H72O6/c1-5-7-9-11-17-22-25-29-36(39)42-32-35(44-38(41)31-27-20-10-8-6-2)33-43-37(40)30-26-23-19-16-14-12-13-15-18-21-24-28-34(3)4/h34-35H,5-33H2,1-4H3/t35-/m0/s1.